The van der Waals surface area contributed by atoms with E-state index < -0.39 is 23.9 Å². The molecule has 0 unspecified atom stereocenters. The maximum Gasteiger partial charge on any atom is 0.108 e. The second-order valence-corrected chi connectivity index (χ2v) is 14.8. The van der Waals surface area contributed by atoms with Crippen molar-refractivity contribution in [3.05, 3.63) is 11.6 Å². The van der Waals surface area contributed by atoms with Gasteiger partial charge in [0.1, 0.15) is 6.10 Å². The highest BCUT2D eigenvalue weighted by Gasteiger charge is 2.68. The molecule has 0 amide bonds. The van der Waals surface area contributed by atoms with Crippen LogP contribution in [0, 0.1) is 45.3 Å². The van der Waals surface area contributed by atoms with Crippen LogP contribution >= 0.6 is 0 Å². The van der Waals surface area contributed by atoms with Gasteiger partial charge in [-0.05, 0) is 98.7 Å². The molecule has 0 radical (unpaired) electrons. The molecule has 4 aliphatic carbocycles. The summed E-state index contributed by atoms with van der Waals surface area (Å²) < 4.78 is 0. The van der Waals surface area contributed by atoms with Crippen LogP contribution in [0.2, 0.25) is 0 Å². The van der Waals surface area contributed by atoms with E-state index in [1.807, 2.05) is 0 Å². The zero-order valence-corrected chi connectivity index (χ0v) is 23.4. The van der Waals surface area contributed by atoms with Crippen molar-refractivity contribution < 1.29 is 25.5 Å². The molecule has 0 bridgehead atoms. The molecule has 35 heavy (non-hydrogen) atoms. The second-order valence-electron chi connectivity index (χ2n) is 14.8. The van der Waals surface area contributed by atoms with E-state index in [-0.39, 0.29) is 33.7 Å². The molecule has 0 aromatic rings. The maximum atomic E-state index is 11.8. The van der Waals surface area contributed by atoms with E-state index in [1.54, 1.807) is 0 Å². The van der Waals surface area contributed by atoms with Crippen LogP contribution in [0.3, 0.4) is 0 Å². The first-order valence-corrected chi connectivity index (χ1v) is 14.1. The fourth-order valence-electron chi connectivity index (χ4n) is 9.99. The third-order valence-corrected chi connectivity index (χ3v) is 12.1. The molecule has 0 aliphatic heterocycles. The molecule has 0 aromatic carbocycles. The van der Waals surface area contributed by atoms with Gasteiger partial charge in [0.2, 0.25) is 0 Å². The van der Waals surface area contributed by atoms with E-state index in [2.05, 4.69) is 47.6 Å². The molecule has 5 heteroatoms. The summed E-state index contributed by atoms with van der Waals surface area (Å²) in [5, 5.41) is 53.9. The lowest BCUT2D eigenvalue weighted by molar-refractivity contribution is -0.212. The summed E-state index contributed by atoms with van der Waals surface area (Å²) in [4.78, 5) is 0. The minimum atomic E-state index is -1.34. The minimum absolute atomic E-state index is 0.0437. The highest BCUT2D eigenvalue weighted by molar-refractivity contribution is 5.36. The Balaban J connectivity index is 1.61. The summed E-state index contributed by atoms with van der Waals surface area (Å²) in [6.07, 6.45) is 5.60. The van der Waals surface area contributed by atoms with Gasteiger partial charge >= 0.3 is 0 Å². The lowest BCUT2D eigenvalue weighted by atomic mass is 9.37. The number of allylic oxidation sites excluding steroid dienone is 1. The van der Waals surface area contributed by atoms with Crippen molar-refractivity contribution in [2.75, 3.05) is 0 Å². The Morgan fingerprint density at radius 2 is 1.60 bits per heavy atom. The Labute approximate surface area is 213 Å². The van der Waals surface area contributed by atoms with E-state index in [4.69, 9.17) is 0 Å². The van der Waals surface area contributed by atoms with E-state index >= 15 is 0 Å². The number of hydrogen-bond acceptors (Lipinski definition) is 5. The van der Waals surface area contributed by atoms with Crippen LogP contribution in [0.15, 0.2) is 11.6 Å². The number of aliphatic hydroxyl groups excluding tert-OH is 4. The summed E-state index contributed by atoms with van der Waals surface area (Å²) in [7, 11) is 0. The van der Waals surface area contributed by atoms with Gasteiger partial charge in [-0.15, -0.1) is 0 Å². The minimum Gasteiger partial charge on any atom is -0.393 e. The molecular weight excluding hydrogens is 440 g/mol. The summed E-state index contributed by atoms with van der Waals surface area (Å²) in [5.41, 5.74) is -0.363. The molecule has 5 N–H and O–H groups in total. The van der Waals surface area contributed by atoms with E-state index in [0.717, 1.165) is 38.5 Å². The first-order valence-electron chi connectivity index (χ1n) is 14.1. The molecule has 11 atom stereocenters. The van der Waals surface area contributed by atoms with Crippen molar-refractivity contribution in [1.29, 1.82) is 0 Å². The number of aliphatic hydroxyl groups is 5. The SMILES string of the molecule is C[C@@H](C[C@@H](O)[C@H](O)C(C)(C)O)[C@@H]1CC=C2[C@]3(C)[C@H](O)C[C@H]4C(C)(C)[C@H](O)CC[C@]4(C)[C@H]3CC[C@]21C. The average molecular weight is 493 g/mol. The van der Waals surface area contributed by atoms with Crippen LogP contribution in [0.4, 0.5) is 0 Å². The van der Waals surface area contributed by atoms with Crippen LogP contribution in [0.25, 0.3) is 0 Å². The van der Waals surface area contributed by atoms with E-state index in [0.29, 0.717) is 24.2 Å². The van der Waals surface area contributed by atoms with Gasteiger partial charge in [-0.1, -0.05) is 53.2 Å². The van der Waals surface area contributed by atoms with Crippen molar-refractivity contribution >= 4 is 0 Å². The van der Waals surface area contributed by atoms with Gasteiger partial charge in [0.25, 0.3) is 0 Å². The van der Waals surface area contributed by atoms with Gasteiger partial charge in [0, 0.05) is 5.41 Å². The molecule has 4 rings (SSSR count). The van der Waals surface area contributed by atoms with E-state index in [9.17, 15) is 25.5 Å². The monoisotopic (exact) mass is 492 g/mol. The van der Waals surface area contributed by atoms with Crippen molar-refractivity contribution in [2.45, 2.75) is 130 Å². The van der Waals surface area contributed by atoms with Crippen molar-refractivity contribution in [3.8, 4) is 0 Å². The molecule has 0 spiro atoms. The molecule has 0 aromatic heterocycles. The Hall–Kier alpha value is -0.460. The summed E-state index contributed by atoms with van der Waals surface area (Å²) in [5.74, 6) is 1.19. The normalized spacial score (nSPS) is 47.7. The van der Waals surface area contributed by atoms with Crippen molar-refractivity contribution in [2.24, 2.45) is 45.3 Å². The molecule has 3 saturated carbocycles. The van der Waals surface area contributed by atoms with Gasteiger partial charge in [0.15, 0.2) is 0 Å². The summed E-state index contributed by atoms with van der Waals surface area (Å²) in [6, 6.07) is 0. The Morgan fingerprint density at radius 1 is 0.971 bits per heavy atom. The standard InChI is InChI=1S/C30H52O5/c1-17(15-19(31)25(34)27(4,5)35)18-9-10-20-28(18,6)13-11-21-29(7)14-12-23(32)26(2,3)22(29)16-24(33)30(20,21)8/h10,17-19,21-25,31-35H,9,11-16H2,1-8H3/t17-,18-,19+,21+,22-,23+,24+,25-,28-,29+,30-/m0/s1. The topological polar surface area (TPSA) is 101 Å². The lowest BCUT2D eigenvalue weighted by Gasteiger charge is -2.68. The van der Waals surface area contributed by atoms with Crippen LogP contribution in [-0.4, -0.2) is 55.5 Å². The van der Waals surface area contributed by atoms with Gasteiger partial charge < -0.3 is 25.5 Å². The quantitative estimate of drug-likeness (QED) is 0.365. The molecule has 5 nitrogen and oxygen atoms in total. The smallest absolute Gasteiger partial charge is 0.108 e. The van der Waals surface area contributed by atoms with E-state index in [1.165, 1.54) is 19.4 Å². The molecule has 202 valence electrons. The second kappa shape index (κ2) is 8.53. The lowest BCUT2D eigenvalue weighted by Crippen LogP contribution is -2.65. The number of hydrogen-bond donors (Lipinski definition) is 5. The first kappa shape index (κ1) is 27.6. The average Bonchev–Trinajstić information content (AvgIpc) is 3.10. The fourth-order valence-corrected chi connectivity index (χ4v) is 9.99. The van der Waals surface area contributed by atoms with Crippen molar-refractivity contribution in [3.63, 3.8) is 0 Å². The summed E-state index contributed by atoms with van der Waals surface area (Å²) >= 11 is 0. The van der Waals surface area contributed by atoms with Crippen LogP contribution in [-0.2, 0) is 0 Å². The first-order chi connectivity index (χ1) is 15.9. The molecule has 0 heterocycles. The zero-order valence-electron chi connectivity index (χ0n) is 23.4. The highest BCUT2D eigenvalue weighted by atomic mass is 16.4. The predicted octanol–water partition coefficient (Wildman–Crippen LogP) is 4.44. The number of rotatable bonds is 5. The molecule has 0 saturated heterocycles. The summed E-state index contributed by atoms with van der Waals surface area (Å²) in [6.45, 7) is 16.7. The molecule has 3 fully saturated rings. The Kier molecular flexibility index (Phi) is 6.72. The van der Waals surface area contributed by atoms with Crippen LogP contribution in [0.1, 0.15) is 100 Å². The maximum absolute atomic E-state index is 11.8. The van der Waals surface area contributed by atoms with Gasteiger partial charge in [-0.25, -0.2) is 0 Å². The largest absolute Gasteiger partial charge is 0.393 e. The highest BCUT2D eigenvalue weighted by Crippen LogP contribution is 2.73. The van der Waals surface area contributed by atoms with Gasteiger partial charge in [0.05, 0.1) is 23.9 Å². The van der Waals surface area contributed by atoms with Gasteiger partial charge in [-0.3, -0.25) is 0 Å². The predicted molar refractivity (Wildman–Crippen MR) is 138 cm³/mol. The van der Waals surface area contributed by atoms with Crippen LogP contribution < -0.4 is 0 Å². The fraction of sp³-hybridized carbons (Fsp3) is 0.933. The van der Waals surface area contributed by atoms with Gasteiger partial charge in [-0.2, -0.15) is 0 Å². The van der Waals surface area contributed by atoms with Crippen molar-refractivity contribution in [1.82, 2.24) is 0 Å². The van der Waals surface area contributed by atoms with Crippen LogP contribution in [0.5, 0.6) is 0 Å². The molecular formula is C30H52O5. The third kappa shape index (κ3) is 3.90. The molecule has 4 aliphatic rings. The third-order valence-electron chi connectivity index (χ3n) is 12.1. The Bertz CT molecular complexity index is 844. The Morgan fingerprint density at radius 3 is 2.20 bits per heavy atom. The number of fused-ring (bicyclic) bond motifs is 5. The zero-order chi connectivity index (χ0) is 26.4.